The first-order valence-corrected chi connectivity index (χ1v) is 9.34. The van der Waals surface area contributed by atoms with Gasteiger partial charge in [0.15, 0.2) is 0 Å². The van der Waals surface area contributed by atoms with Crippen molar-refractivity contribution in [2.24, 2.45) is 0 Å². The van der Waals surface area contributed by atoms with Crippen molar-refractivity contribution in [1.82, 2.24) is 20.1 Å². The van der Waals surface area contributed by atoms with Crippen LogP contribution < -0.4 is 5.56 Å². The number of hydrogen-bond acceptors (Lipinski definition) is 4. The third-order valence-electron chi connectivity index (χ3n) is 5.28. The third-order valence-corrected chi connectivity index (χ3v) is 5.28. The number of carbonyl (C=O) groups is 1. The van der Waals surface area contributed by atoms with Gasteiger partial charge < -0.3 is 15.0 Å². The number of likely N-dealkylation sites (tertiary alicyclic amines) is 1. The van der Waals surface area contributed by atoms with Crippen molar-refractivity contribution in [1.29, 1.82) is 0 Å². The summed E-state index contributed by atoms with van der Waals surface area (Å²) in [4.78, 5) is 28.3. The van der Waals surface area contributed by atoms with Gasteiger partial charge in [0.2, 0.25) is 0 Å². The van der Waals surface area contributed by atoms with Gasteiger partial charge in [0.05, 0.1) is 11.8 Å². The fourth-order valence-corrected chi connectivity index (χ4v) is 3.77. The molecular weight excluding hydrogens is 356 g/mol. The van der Waals surface area contributed by atoms with Gasteiger partial charge in [0.25, 0.3) is 11.5 Å². The fraction of sp³-hybridized carbons (Fsp3) is 0.286. The second-order valence-electron chi connectivity index (χ2n) is 7.25. The van der Waals surface area contributed by atoms with E-state index in [1.165, 1.54) is 11.8 Å². The summed E-state index contributed by atoms with van der Waals surface area (Å²) >= 11 is 0. The van der Waals surface area contributed by atoms with Crippen LogP contribution in [0.25, 0.3) is 11.1 Å². The quantitative estimate of drug-likeness (QED) is 0.652. The van der Waals surface area contributed by atoms with E-state index in [1.54, 1.807) is 4.90 Å². The standard InChI is InChI=1S/C21H22N4O3/c1-13-4-6-14(7-5-13)16-11-23-24-20(16)15-3-2-8-25(12-15)21(28)17-10-22-19(27)9-18(17)26/h4-7,9-11,15H,2-3,8,12H2,1H3,(H,23,24)(H2,22,26,27). The number of benzene rings is 1. The Kier molecular flexibility index (Phi) is 4.73. The zero-order valence-corrected chi connectivity index (χ0v) is 15.6. The highest BCUT2D eigenvalue weighted by atomic mass is 16.3. The number of carbonyl (C=O) groups excluding carboxylic acids is 1. The van der Waals surface area contributed by atoms with Crippen molar-refractivity contribution in [3.63, 3.8) is 0 Å². The monoisotopic (exact) mass is 378 g/mol. The van der Waals surface area contributed by atoms with E-state index in [2.05, 4.69) is 46.4 Å². The Labute approximate surface area is 162 Å². The summed E-state index contributed by atoms with van der Waals surface area (Å²) in [6.07, 6.45) is 4.90. The molecule has 1 aliphatic heterocycles. The molecule has 0 radical (unpaired) electrons. The van der Waals surface area contributed by atoms with E-state index in [0.717, 1.165) is 35.7 Å². The minimum absolute atomic E-state index is 0.114. The van der Waals surface area contributed by atoms with Gasteiger partial charge in [-0.3, -0.25) is 14.7 Å². The Hall–Kier alpha value is -3.35. The molecule has 144 valence electrons. The molecule has 2 aromatic heterocycles. The molecule has 1 atom stereocenters. The van der Waals surface area contributed by atoms with Crippen molar-refractivity contribution >= 4 is 5.91 Å². The summed E-state index contributed by atoms with van der Waals surface area (Å²) in [5.74, 6) is -0.450. The number of piperidine rings is 1. The van der Waals surface area contributed by atoms with Crippen LogP contribution in [-0.2, 0) is 0 Å². The Bertz CT molecular complexity index is 1050. The average molecular weight is 378 g/mol. The molecule has 0 spiro atoms. The Morgan fingerprint density at radius 1 is 1.29 bits per heavy atom. The van der Waals surface area contributed by atoms with Crippen LogP contribution in [-0.4, -0.2) is 44.2 Å². The van der Waals surface area contributed by atoms with Crippen molar-refractivity contribution in [3.05, 3.63) is 69.9 Å². The molecule has 1 aliphatic rings. The molecule has 28 heavy (non-hydrogen) atoms. The lowest BCUT2D eigenvalue weighted by atomic mass is 9.90. The Morgan fingerprint density at radius 3 is 2.82 bits per heavy atom. The fourth-order valence-electron chi connectivity index (χ4n) is 3.77. The highest BCUT2D eigenvalue weighted by Crippen LogP contribution is 2.33. The van der Waals surface area contributed by atoms with Crippen LogP contribution in [0.3, 0.4) is 0 Å². The number of nitrogens with one attached hydrogen (secondary N) is 2. The average Bonchev–Trinajstić information content (AvgIpc) is 3.18. The first-order valence-electron chi connectivity index (χ1n) is 9.34. The number of nitrogens with zero attached hydrogens (tertiary/aromatic N) is 2. The Morgan fingerprint density at radius 2 is 2.07 bits per heavy atom. The van der Waals surface area contributed by atoms with Gasteiger partial charge in [-0.1, -0.05) is 29.8 Å². The molecule has 1 saturated heterocycles. The molecule has 1 amide bonds. The van der Waals surface area contributed by atoms with Gasteiger partial charge in [-0.25, -0.2) is 0 Å². The molecule has 3 aromatic rings. The van der Waals surface area contributed by atoms with E-state index in [-0.39, 0.29) is 23.1 Å². The van der Waals surface area contributed by atoms with Crippen molar-refractivity contribution in [2.75, 3.05) is 13.1 Å². The molecule has 7 nitrogen and oxygen atoms in total. The second kappa shape index (κ2) is 7.34. The SMILES string of the molecule is Cc1ccc(-c2cn[nH]c2C2CCCN(C(=O)c3c[nH]c(=O)cc3O)C2)cc1. The van der Waals surface area contributed by atoms with Crippen molar-refractivity contribution in [3.8, 4) is 16.9 Å². The molecule has 0 saturated carbocycles. The van der Waals surface area contributed by atoms with Crippen LogP contribution in [0, 0.1) is 6.92 Å². The van der Waals surface area contributed by atoms with Gasteiger partial charge in [-0.2, -0.15) is 5.10 Å². The molecule has 3 N–H and O–H groups in total. The minimum atomic E-state index is -0.439. The predicted molar refractivity (Wildman–Crippen MR) is 105 cm³/mol. The number of aromatic hydroxyl groups is 1. The first kappa shape index (κ1) is 18.0. The second-order valence-corrected chi connectivity index (χ2v) is 7.25. The number of aromatic amines is 2. The van der Waals surface area contributed by atoms with E-state index in [9.17, 15) is 14.7 Å². The maximum atomic E-state index is 12.9. The first-order chi connectivity index (χ1) is 13.5. The van der Waals surface area contributed by atoms with Crippen LogP contribution in [0.4, 0.5) is 0 Å². The summed E-state index contributed by atoms with van der Waals surface area (Å²) < 4.78 is 0. The van der Waals surface area contributed by atoms with Gasteiger partial charge in [0, 0.05) is 42.5 Å². The van der Waals surface area contributed by atoms with E-state index in [4.69, 9.17) is 0 Å². The number of rotatable bonds is 3. The maximum Gasteiger partial charge on any atom is 0.259 e. The van der Waals surface area contributed by atoms with Gasteiger partial charge >= 0.3 is 0 Å². The van der Waals surface area contributed by atoms with Crippen LogP contribution in [0.1, 0.15) is 40.4 Å². The van der Waals surface area contributed by atoms with E-state index in [0.29, 0.717) is 13.1 Å². The molecule has 1 aromatic carbocycles. The third kappa shape index (κ3) is 3.43. The topological polar surface area (TPSA) is 102 Å². The number of aromatic nitrogens is 3. The lowest BCUT2D eigenvalue weighted by Gasteiger charge is -2.33. The van der Waals surface area contributed by atoms with E-state index in [1.807, 2.05) is 6.20 Å². The molecule has 7 heteroatoms. The normalized spacial score (nSPS) is 16.9. The molecule has 1 fully saturated rings. The van der Waals surface area contributed by atoms with E-state index < -0.39 is 5.56 Å². The van der Waals surface area contributed by atoms with Crippen LogP contribution in [0.5, 0.6) is 5.75 Å². The van der Waals surface area contributed by atoms with Crippen LogP contribution >= 0.6 is 0 Å². The molecule has 0 bridgehead atoms. The largest absolute Gasteiger partial charge is 0.507 e. The molecular formula is C21H22N4O3. The van der Waals surface area contributed by atoms with Gasteiger partial charge in [-0.05, 0) is 25.3 Å². The van der Waals surface area contributed by atoms with Crippen LogP contribution in [0.15, 0.2) is 47.5 Å². The zero-order chi connectivity index (χ0) is 19.7. The highest BCUT2D eigenvalue weighted by Gasteiger charge is 2.29. The number of aryl methyl sites for hydroxylation is 1. The lowest BCUT2D eigenvalue weighted by Crippen LogP contribution is -2.39. The molecule has 1 unspecified atom stereocenters. The Balaban J connectivity index is 1.58. The molecule has 4 rings (SSSR count). The number of hydrogen-bond donors (Lipinski definition) is 3. The smallest absolute Gasteiger partial charge is 0.259 e. The highest BCUT2D eigenvalue weighted by molar-refractivity contribution is 5.96. The molecule has 0 aliphatic carbocycles. The minimum Gasteiger partial charge on any atom is -0.507 e. The lowest BCUT2D eigenvalue weighted by molar-refractivity contribution is 0.0702. The van der Waals surface area contributed by atoms with Gasteiger partial charge in [0.1, 0.15) is 5.75 Å². The number of amides is 1. The number of pyridine rings is 1. The predicted octanol–water partition coefficient (Wildman–Crippen LogP) is 2.80. The van der Waals surface area contributed by atoms with E-state index >= 15 is 0 Å². The summed E-state index contributed by atoms with van der Waals surface area (Å²) in [6, 6.07) is 9.32. The maximum absolute atomic E-state index is 12.9. The van der Waals surface area contributed by atoms with Crippen molar-refractivity contribution in [2.45, 2.75) is 25.7 Å². The summed E-state index contributed by atoms with van der Waals surface area (Å²) in [5, 5.41) is 17.3. The molecule has 3 heterocycles. The zero-order valence-electron chi connectivity index (χ0n) is 15.6. The number of H-pyrrole nitrogens is 2. The summed E-state index contributed by atoms with van der Waals surface area (Å²) in [7, 11) is 0. The van der Waals surface area contributed by atoms with Crippen LogP contribution in [0.2, 0.25) is 0 Å². The van der Waals surface area contributed by atoms with Gasteiger partial charge in [-0.15, -0.1) is 0 Å². The van der Waals surface area contributed by atoms with Crippen molar-refractivity contribution < 1.29 is 9.90 Å². The summed E-state index contributed by atoms with van der Waals surface area (Å²) in [6.45, 7) is 3.19. The summed E-state index contributed by atoms with van der Waals surface area (Å²) in [5.41, 5.74) is 4.03.